The van der Waals surface area contributed by atoms with E-state index in [0.717, 1.165) is 6.42 Å². The Morgan fingerprint density at radius 1 is 1.78 bits per heavy atom. The van der Waals surface area contributed by atoms with E-state index in [4.69, 9.17) is 5.11 Å². The molecule has 0 radical (unpaired) electrons. The molecule has 0 saturated carbocycles. The largest absolute Gasteiger partial charge is 0.389 e. The molecule has 50 valence electrons. The van der Waals surface area contributed by atoms with E-state index in [-0.39, 0.29) is 6.10 Å². The van der Waals surface area contributed by atoms with Gasteiger partial charge in [0.25, 0.3) is 0 Å². The predicted octanol–water partition coefficient (Wildman–Crippen LogP) is 1.34. The smallest absolute Gasteiger partial charge is 0.0727 e. The molecule has 0 bridgehead atoms. The Bertz CT molecular complexity index is 127. The first-order valence-corrected chi connectivity index (χ1v) is 3.01. The second-order valence-corrected chi connectivity index (χ2v) is 1.77. The molecule has 1 heteroatoms. The van der Waals surface area contributed by atoms with E-state index < -0.39 is 0 Å². The zero-order chi connectivity index (χ0) is 7.11. The molecule has 0 rings (SSSR count). The van der Waals surface area contributed by atoms with Gasteiger partial charge >= 0.3 is 0 Å². The van der Waals surface area contributed by atoms with Crippen LogP contribution in [0.3, 0.4) is 0 Å². The van der Waals surface area contributed by atoms with Crippen LogP contribution in [0, 0.1) is 11.8 Å². The van der Waals surface area contributed by atoms with E-state index in [0.29, 0.717) is 6.42 Å². The molecule has 0 fully saturated rings. The standard InChI is InChI=1S/C8H12O/c1-3-5-6-7-8(9)4-2/h4,8-9H,2,6-7H2,1H3. The summed E-state index contributed by atoms with van der Waals surface area (Å²) in [6.45, 7) is 5.23. The molecular formula is C8H12O. The van der Waals surface area contributed by atoms with Gasteiger partial charge in [0.15, 0.2) is 0 Å². The SMILES string of the molecule is C=CC(O)CCC#CC. The maximum atomic E-state index is 8.90. The fourth-order valence-corrected chi connectivity index (χ4v) is 0.463. The molecule has 0 heterocycles. The first kappa shape index (κ1) is 8.26. The van der Waals surface area contributed by atoms with E-state index >= 15 is 0 Å². The highest BCUT2D eigenvalue weighted by atomic mass is 16.3. The summed E-state index contributed by atoms with van der Waals surface area (Å²) in [4.78, 5) is 0. The second-order valence-electron chi connectivity index (χ2n) is 1.77. The summed E-state index contributed by atoms with van der Waals surface area (Å²) >= 11 is 0. The van der Waals surface area contributed by atoms with Gasteiger partial charge in [-0.3, -0.25) is 0 Å². The average molecular weight is 124 g/mol. The highest BCUT2D eigenvalue weighted by molar-refractivity contribution is 4.96. The van der Waals surface area contributed by atoms with E-state index in [1.807, 2.05) is 0 Å². The minimum Gasteiger partial charge on any atom is -0.389 e. The van der Waals surface area contributed by atoms with Crippen LogP contribution < -0.4 is 0 Å². The Hall–Kier alpha value is -0.740. The molecular weight excluding hydrogens is 112 g/mol. The van der Waals surface area contributed by atoms with Crippen LogP contribution in [0.2, 0.25) is 0 Å². The summed E-state index contributed by atoms with van der Waals surface area (Å²) in [5, 5.41) is 8.90. The first-order valence-electron chi connectivity index (χ1n) is 3.01. The van der Waals surface area contributed by atoms with Crippen molar-refractivity contribution >= 4 is 0 Å². The van der Waals surface area contributed by atoms with Crippen molar-refractivity contribution in [3.8, 4) is 11.8 Å². The highest BCUT2D eigenvalue weighted by Gasteiger charge is 1.92. The minimum atomic E-state index is -0.383. The third kappa shape index (κ3) is 5.13. The summed E-state index contributed by atoms with van der Waals surface area (Å²) in [6.07, 6.45) is 2.59. The lowest BCUT2D eigenvalue weighted by atomic mass is 10.2. The van der Waals surface area contributed by atoms with Crippen LogP contribution in [0.25, 0.3) is 0 Å². The summed E-state index contributed by atoms with van der Waals surface area (Å²) < 4.78 is 0. The zero-order valence-corrected chi connectivity index (χ0v) is 5.72. The number of hydrogen-bond acceptors (Lipinski definition) is 1. The van der Waals surface area contributed by atoms with Crippen molar-refractivity contribution in [2.75, 3.05) is 0 Å². The third-order valence-corrected chi connectivity index (χ3v) is 1.01. The van der Waals surface area contributed by atoms with Gasteiger partial charge in [-0.15, -0.1) is 18.4 Å². The maximum Gasteiger partial charge on any atom is 0.0727 e. The molecule has 0 aliphatic carbocycles. The van der Waals surface area contributed by atoms with Gasteiger partial charge in [-0.05, 0) is 13.3 Å². The van der Waals surface area contributed by atoms with Crippen LogP contribution in [0.4, 0.5) is 0 Å². The molecule has 1 nitrogen and oxygen atoms in total. The lowest BCUT2D eigenvalue weighted by Crippen LogP contribution is -1.99. The van der Waals surface area contributed by atoms with Crippen LogP contribution in [0.15, 0.2) is 12.7 Å². The van der Waals surface area contributed by atoms with E-state index in [1.165, 1.54) is 6.08 Å². The minimum absolute atomic E-state index is 0.383. The third-order valence-electron chi connectivity index (χ3n) is 1.01. The molecule has 0 aromatic heterocycles. The summed E-state index contributed by atoms with van der Waals surface area (Å²) in [5.74, 6) is 5.61. The van der Waals surface area contributed by atoms with Gasteiger partial charge in [-0.25, -0.2) is 0 Å². The fraction of sp³-hybridized carbons (Fsp3) is 0.500. The zero-order valence-electron chi connectivity index (χ0n) is 5.72. The van der Waals surface area contributed by atoms with Crippen molar-refractivity contribution in [1.29, 1.82) is 0 Å². The highest BCUT2D eigenvalue weighted by Crippen LogP contribution is 1.94. The van der Waals surface area contributed by atoms with Crippen LogP contribution >= 0.6 is 0 Å². The molecule has 0 aliphatic rings. The second kappa shape index (κ2) is 5.40. The molecule has 0 aromatic carbocycles. The van der Waals surface area contributed by atoms with E-state index in [2.05, 4.69) is 18.4 Å². The van der Waals surface area contributed by atoms with Crippen molar-refractivity contribution in [1.82, 2.24) is 0 Å². The van der Waals surface area contributed by atoms with Gasteiger partial charge in [-0.1, -0.05) is 6.08 Å². The van der Waals surface area contributed by atoms with Crippen molar-refractivity contribution in [3.63, 3.8) is 0 Å². The van der Waals surface area contributed by atoms with Crippen molar-refractivity contribution in [3.05, 3.63) is 12.7 Å². The molecule has 9 heavy (non-hydrogen) atoms. The number of aliphatic hydroxyl groups excluding tert-OH is 1. The molecule has 0 spiro atoms. The van der Waals surface area contributed by atoms with Gasteiger partial charge in [0.05, 0.1) is 6.10 Å². The Morgan fingerprint density at radius 2 is 2.44 bits per heavy atom. The maximum absolute atomic E-state index is 8.90. The Balaban J connectivity index is 3.23. The van der Waals surface area contributed by atoms with Gasteiger partial charge in [-0.2, -0.15) is 0 Å². The van der Waals surface area contributed by atoms with Crippen LogP contribution in [-0.4, -0.2) is 11.2 Å². The topological polar surface area (TPSA) is 20.2 Å². The molecule has 1 atom stereocenters. The van der Waals surface area contributed by atoms with Gasteiger partial charge in [0.1, 0.15) is 0 Å². The molecule has 1 unspecified atom stereocenters. The molecule has 0 aliphatic heterocycles. The summed E-state index contributed by atoms with van der Waals surface area (Å²) in [7, 11) is 0. The fourth-order valence-electron chi connectivity index (χ4n) is 0.463. The summed E-state index contributed by atoms with van der Waals surface area (Å²) in [5.41, 5.74) is 0. The van der Waals surface area contributed by atoms with Gasteiger partial charge < -0.3 is 5.11 Å². The normalized spacial score (nSPS) is 11.3. The monoisotopic (exact) mass is 124 g/mol. The number of rotatable bonds is 3. The van der Waals surface area contributed by atoms with Gasteiger partial charge in [0, 0.05) is 6.42 Å². The molecule has 0 amide bonds. The quantitative estimate of drug-likeness (QED) is 0.444. The Labute approximate surface area is 56.4 Å². The summed E-state index contributed by atoms with van der Waals surface area (Å²) in [6, 6.07) is 0. The van der Waals surface area contributed by atoms with Crippen LogP contribution in [-0.2, 0) is 0 Å². The molecule has 0 saturated heterocycles. The van der Waals surface area contributed by atoms with Crippen molar-refractivity contribution in [2.45, 2.75) is 25.9 Å². The van der Waals surface area contributed by atoms with E-state index in [1.54, 1.807) is 6.92 Å². The lowest BCUT2D eigenvalue weighted by Gasteiger charge is -1.97. The Morgan fingerprint density at radius 3 is 2.89 bits per heavy atom. The first-order chi connectivity index (χ1) is 4.31. The lowest BCUT2D eigenvalue weighted by molar-refractivity contribution is 0.215. The Kier molecular flexibility index (Phi) is 4.95. The van der Waals surface area contributed by atoms with Crippen LogP contribution in [0.1, 0.15) is 19.8 Å². The predicted molar refractivity (Wildman–Crippen MR) is 38.9 cm³/mol. The van der Waals surface area contributed by atoms with Crippen molar-refractivity contribution < 1.29 is 5.11 Å². The van der Waals surface area contributed by atoms with Gasteiger partial charge in [0.2, 0.25) is 0 Å². The van der Waals surface area contributed by atoms with Crippen molar-refractivity contribution in [2.24, 2.45) is 0 Å². The van der Waals surface area contributed by atoms with E-state index in [9.17, 15) is 0 Å². The average Bonchev–Trinajstić information content (AvgIpc) is 1.89. The number of hydrogen-bond donors (Lipinski definition) is 1. The molecule has 0 aromatic rings. The van der Waals surface area contributed by atoms with Crippen LogP contribution in [0.5, 0.6) is 0 Å². The molecule has 1 N–H and O–H groups in total. The number of aliphatic hydroxyl groups is 1.